The van der Waals surface area contributed by atoms with Crippen LogP contribution in [0.3, 0.4) is 0 Å². The highest BCUT2D eigenvalue weighted by molar-refractivity contribution is 5.90. The van der Waals surface area contributed by atoms with Gasteiger partial charge in [0.05, 0.1) is 6.42 Å². The largest absolute Gasteiger partial charge is 0.368 e. The van der Waals surface area contributed by atoms with E-state index in [0.717, 1.165) is 10.5 Å². The van der Waals surface area contributed by atoms with Crippen LogP contribution in [0.25, 0.3) is 0 Å². The van der Waals surface area contributed by atoms with Crippen LogP contribution in [0, 0.1) is 17.9 Å². The normalized spacial score (nSPS) is 9.35. The molecule has 0 heterocycles. The van der Waals surface area contributed by atoms with E-state index in [1.54, 1.807) is 6.19 Å². The van der Waals surface area contributed by atoms with Crippen molar-refractivity contribution in [1.82, 2.24) is 4.90 Å². The molecule has 2 amide bonds. The van der Waals surface area contributed by atoms with E-state index >= 15 is 0 Å². The van der Waals surface area contributed by atoms with Crippen molar-refractivity contribution in [3.05, 3.63) is 42.3 Å². The second-order valence-electron chi connectivity index (χ2n) is 3.38. The third kappa shape index (κ3) is 4.34. The van der Waals surface area contributed by atoms with Crippen LogP contribution in [-0.4, -0.2) is 23.3 Å². The molecule has 0 unspecified atom stereocenters. The molecule has 2 N–H and O–H groups in total. The van der Waals surface area contributed by atoms with Gasteiger partial charge in [-0.1, -0.05) is 30.3 Å². The van der Waals surface area contributed by atoms with Gasteiger partial charge in [-0.05, 0) is 12.0 Å². The van der Waals surface area contributed by atoms with E-state index in [4.69, 9.17) is 11.0 Å². The van der Waals surface area contributed by atoms with Crippen molar-refractivity contribution < 1.29 is 9.59 Å². The zero-order valence-corrected chi connectivity index (χ0v) is 9.17. The summed E-state index contributed by atoms with van der Waals surface area (Å²) in [5, 5.41) is 8.67. The Morgan fingerprint density at radius 2 is 2.00 bits per heavy atom. The molecular formula is C12H12N3O2. The van der Waals surface area contributed by atoms with Crippen LogP contribution in [0.2, 0.25) is 0 Å². The minimum absolute atomic E-state index is 0.388. The summed E-state index contributed by atoms with van der Waals surface area (Å²) >= 11 is 0. The van der Waals surface area contributed by atoms with Crippen molar-refractivity contribution >= 4 is 11.8 Å². The number of carbonyl (C=O) groups is 2. The van der Waals surface area contributed by atoms with Gasteiger partial charge in [0, 0.05) is 0 Å². The average molecular weight is 230 g/mol. The summed E-state index contributed by atoms with van der Waals surface area (Å²) < 4.78 is 0. The predicted molar refractivity (Wildman–Crippen MR) is 61.0 cm³/mol. The second kappa shape index (κ2) is 6.28. The Labute approximate surface area is 99.4 Å². The first-order valence-corrected chi connectivity index (χ1v) is 5.00. The van der Waals surface area contributed by atoms with Crippen molar-refractivity contribution in [3.63, 3.8) is 0 Å². The molecular weight excluding hydrogens is 218 g/mol. The molecule has 17 heavy (non-hydrogen) atoms. The van der Waals surface area contributed by atoms with Crippen LogP contribution in [-0.2, 0) is 16.0 Å². The summed E-state index contributed by atoms with van der Waals surface area (Å²) in [6.07, 6.45) is 3.38. The van der Waals surface area contributed by atoms with E-state index < -0.39 is 11.8 Å². The van der Waals surface area contributed by atoms with Crippen LogP contribution in [0.1, 0.15) is 5.56 Å². The fourth-order valence-electron chi connectivity index (χ4n) is 1.25. The van der Waals surface area contributed by atoms with Gasteiger partial charge in [0.2, 0.25) is 11.8 Å². The SMILES string of the molecule is N#CN(CC(N)=O)C(=O)[CH]Cc1ccccc1. The fraction of sp³-hybridized carbons (Fsp3) is 0.167. The Hall–Kier alpha value is -2.35. The Morgan fingerprint density at radius 3 is 2.53 bits per heavy atom. The molecule has 87 valence electrons. The second-order valence-corrected chi connectivity index (χ2v) is 3.38. The number of nitrogens with two attached hydrogens (primary N) is 1. The molecule has 0 aromatic heterocycles. The number of carbonyl (C=O) groups excluding carboxylic acids is 2. The number of nitriles is 1. The van der Waals surface area contributed by atoms with Gasteiger partial charge in [-0.2, -0.15) is 5.26 Å². The van der Waals surface area contributed by atoms with Crippen LogP contribution in [0.15, 0.2) is 30.3 Å². The Balaban J connectivity index is 2.49. The van der Waals surface area contributed by atoms with Crippen LogP contribution >= 0.6 is 0 Å². The quantitative estimate of drug-likeness (QED) is 0.580. The lowest BCUT2D eigenvalue weighted by Gasteiger charge is -2.10. The molecule has 1 rings (SSSR count). The molecule has 0 fully saturated rings. The van der Waals surface area contributed by atoms with Gasteiger partial charge in [0.1, 0.15) is 6.54 Å². The first-order valence-electron chi connectivity index (χ1n) is 5.00. The van der Waals surface area contributed by atoms with Crippen molar-refractivity contribution in [2.45, 2.75) is 6.42 Å². The lowest BCUT2D eigenvalue weighted by molar-refractivity contribution is -0.129. The third-order valence-electron chi connectivity index (χ3n) is 2.06. The Morgan fingerprint density at radius 1 is 1.35 bits per heavy atom. The summed E-state index contributed by atoms with van der Waals surface area (Å²) in [5.74, 6) is -1.23. The summed E-state index contributed by atoms with van der Waals surface area (Å²) in [6.45, 7) is -0.388. The summed E-state index contributed by atoms with van der Waals surface area (Å²) in [7, 11) is 0. The highest BCUT2D eigenvalue weighted by atomic mass is 16.2. The molecule has 1 aromatic carbocycles. The molecule has 0 bridgehead atoms. The molecule has 5 heteroatoms. The molecule has 0 saturated heterocycles. The number of amides is 2. The highest BCUT2D eigenvalue weighted by Gasteiger charge is 2.15. The Kier molecular flexibility index (Phi) is 4.70. The molecule has 1 radical (unpaired) electrons. The number of hydrogen-bond donors (Lipinski definition) is 1. The van der Waals surface area contributed by atoms with Crippen molar-refractivity contribution in [2.75, 3.05) is 6.54 Å². The van der Waals surface area contributed by atoms with Gasteiger partial charge in [0.25, 0.3) is 0 Å². The van der Waals surface area contributed by atoms with E-state index in [-0.39, 0.29) is 6.54 Å². The lowest BCUT2D eigenvalue weighted by atomic mass is 10.1. The maximum absolute atomic E-state index is 11.5. The molecule has 1 aromatic rings. The van der Waals surface area contributed by atoms with Gasteiger partial charge in [0.15, 0.2) is 6.19 Å². The lowest BCUT2D eigenvalue weighted by Crippen LogP contribution is -2.35. The van der Waals surface area contributed by atoms with Crippen LogP contribution < -0.4 is 5.73 Å². The highest BCUT2D eigenvalue weighted by Crippen LogP contribution is 2.03. The first kappa shape index (κ1) is 12.7. The number of benzene rings is 1. The zero-order chi connectivity index (χ0) is 12.7. The van der Waals surface area contributed by atoms with E-state index in [0.29, 0.717) is 6.42 Å². The number of rotatable bonds is 5. The van der Waals surface area contributed by atoms with Gasteiger partial charge in [-0.25, -0.2) is 4.90 Å². The minimum Gasteiger partial charge on any atom is -0.368 e. The van der Waals surface area contributed by atoms with E-state index in [2.05, 4.69) is 0 Å². The topological polar surface area (TPSA) is 87.2 Å². The molecule has 0 atom stereocenters. The molecule has 0 saturated carbocycles. The summed E-state index contributed by atoms with van der Waals surface area (Å²) in [6, 6.07) is 9.33. The Bertz CT molecular complexity index is 437. The van der Waals surface area contributed by atoms with Gasteiger partial charge < -0.3 is 5.73 Å². The maximum atomic E-state index is 11.5. The van der Waals surface area contributed by atoms with E-state index in [1.165, 1.54) is 6.42 Å². The molecule has 0 aliphatic carbocycles. The maximum Gasteiger partial charge on any atom is 0.240 e. The number of primary amides is 1. The van der Waals surface area contributed by atoms with Crippen molar-refractivity contribution in [3.8, 4) is 6.19 Å². The smallest absolute Gasteiger partial charge is 0.240 e. The number of hydrogen-bond acceptors (Lipinski definition) is 3. The molecule has 0 spiro atoms. The molecule has 0 aliphatic rings. The van der Waals surface area contributed by atoms with Crippen molar-refractivity contribution in [1.29, 1.82) is 5.26 Å². The average Bonchev–Trinajstić information content (AvgIpc) is 2.34. The minimum atomic E-state index is -0.715. The zero-order valence-electron chi connectivity index (χ0n) is 9.17. The molecule has 0 aliphatic heterocycles. The van der Waals surface area contributed by atoms with E-state index in [1.807, 2.05) is 30.3 Å². The predicted octanol–water partition coefficient (Wildman–Crippen LogP) is 0.228. The number of nitrogens with zero attached hydrogens (tertiary/aromatic N) is 2. The standard InChI is InChI=1S/C12H12N3O2/c13-9-15(8-11(14)16)12(17)7-6-10-4-2-1-3-5-10/h1-5,7H,6,8H2,(H2,14,16). The van der Waals surface area contributed by atoms with Crippen LogP contribution in [0.4, 0.5) is 0 Å². The van der Waals surface area contributed by atoms with E-state index in [9.17, 15) is 9.59 Å². The van der Waals surface area contributed by atoms with Crippen molar-refractivity contribution in [2.24, 2.45) is 5.73 Å². The summed E-state index contributed by atoms with van der Waals surface area (Å²) in [4.78, 5) is 22.9. The fourth-order valence-corrected chi connectivity index (χ4v) is 1.25. The van der Waals surface area contributed by atoms with Gasteiger partial charge >= 0.3 is 0 Å². The third-order valence-corrected chi connectivity index (χ3v) is 2.06. The first-order chi connectivity index (χ1) is 8.13. The van der Waals surface area contributed by atoms with Gasteiger partial charge in [-0.15, -0.1) is 0 Å². The van der Waals surface area contributed by atoms with Crippen LogP contribution in [0.5, 0.6) is 0 Å². The molecule has 5 nitrogen and oxygen atoms in total. The van der Waals surface area contributed by atoms with Gasteiger partial charge in [-0.3, -0.25) is 9.59 Å². The summed E-state index contributed by atoms with van der Waals surface area (Å²) in [5.41, 5.74) is 5.87. The monoisotopic (exact) mass is 230 g/mol.